The van der Waals surface area contributed by atoms with Gasteiger partial charge in [-0.2, -0.15) is 52.7 Å². The van der Waals surface area contributed by atoms with Crippen molar-refractivity contribution in [3.05, 3.63) is 172 Å². The van der Waals surface area contributed by atoms with Crippen LogP contribution >= 0.6 is 0 Å². The minimum Gasteiger partial charge on any atom is -0.654 e. The molecule has 0 aliphatic carbocycles. The van der Waals surface area contributed by atoms with Crippen molar-refractivity contribution in [2.24, 2.45) is 20.7 Å². The topological polar surface area (TPSA) is 158 Å². The number of allylic oxidation sites excluding steroid dienone is 4. The standard InChI is InChI=1S/2C29H35F6N2.2C16H36N.2Cu.2HNO2/c2*1-16(2)20-11-9-12-21(17(3)4)26(20)36-24(28(30,31)32)15-25(29(33,34)35)37-27-22(18(5)6)13-10-14-23(27)19(7)8;2*1-5-9-13-17(14-10-6-2,15-11-7-3)16-12-8-4;;;2*2-1-3/h2*9-19H,1-8H3;2*5-16H2,1-4H3;;;2*(H,2,3)/q2*-1;4*+1;;/p-2/b2*24-15-,37-25?;;;;;;. The molecule has 12 nitrogen and oxygen atoms in total. The van der Waals surface area contributed by atoms with E-state index in [-0.39, 0.29) is 116 Å². The summed E-state index contributed by atoms with van der Waals surface area (Å²) in [5.74, 6) is -1.49. The van der Waals surface area contributed by atoms with Crippen molar-refractivity contribution in [2.45, 2.75) is 341 Å². The molecule has 0 aliphatic rings. The van der Waals surface area contributed by atoms with E-state index < -0.39 is 47.5 Å². The Balaban J connectivity index is -0.000000740. The van der Waals surface area contributed by atoms with E-state index in [4.69, 9.17) is 20.2 Å². The van der Waals surface area contributed by atoms with Gasteiger partial charge in [-0.3, -0.25) is 0 Å². The predicted octanol–water partition coefficient (Wildman–Crippen LogP) is 32.4. The van der Waals surface area contributed by atoms with Gasteiger partial charge in [-0.25, -0.2) is 9.98 Å². The molecule has 0 heterocycles. The van der Waals surface area contributed by atoms with Gasteiger partial charge in [0, 0.05) is 0 Å². The number of aliphatic imine (C=N–C) groups is 2. The van der Waals surface area contributed by atoms with Crippen LogP contribution in [0.4, 0.5) is 75.4 Å². The molecule has 0 spiro atoms. The number of unbranched alkanes of at least 4 members (excludes halogenated alkanes) is 8. The van der Waals surface area contributed by atoms with E-state index in [1.54, 1.807) is 184 Å². The number of benzene rings is 4. The second kappa shape index (κ2) is 59.8. The Morgan fingerprint density at radius 3 is 0.603 bits per heavy atom. The molecule has 0 saturated heterocycles. The smallest absolute Gasteiger partial charge is 0.654 e. The predicted molar refractivity (Wildman–Crippen MR) is 456 cm³/mol. The number of rotatable bonds is 40. The van der Waals surface area contributed by atoms with Crippen LogP contribution in [0, 0.1) is 20.2 Å². The number of alkyl halides is 12. The maximum Gasteiger partial charge on any atom is 1.00 e. The van der Waals surface area contributed by atoms with Crippen LogP contribution in [0.25, 0.3) is 10.6 Å². The molecule has 0 bridgehead atoms. The zero-order valence-corrected chi connectivity index (χ0v) is 75.9. The molecule has 672 valence electrons. The van der Waals surface area contributed by atoms with Crippen molar-refractivity contribution in [3.63, 3.8) is 0 Å². The largest absolute Gasteiger partial charge is 1.00 e. The molecule has 0 radical (unpaired) electrons. The summed E-state index contributed by atoms with van der Waals surface area (Å²) in [7, 11) is 0. The molecule has 0 N–H and O–H groups in total. The minimum absolute atomic E-state index is 0. The summed E-state index contributed by atoms with van der Waals surface area (Å²) in [6.07, 6.45) is 1.64. The van der Waals surface area contributed by atoms with Crippen molar-refractivity contribution in [1.82, 2.24) is 0 Å². The summed E-state index contributed by atoms with van der Waals surface area (Å²) in [4.78, 5) is 23.7. The molecule has 4 rings (SSSR count). The quantitative estimate of drug-likeness (QED) is 0.0108. The Kier molecular flexibility index (Phi) is 60.1. The van der Waals surface area contributed by atoms with Crippen molar-refractivity contribution in [2.75, 3.05) is 52.4 Å². The van der Waals surface area contributed by atoms with Crippen molar-refractivity contribution in [3.8, 4) is 0 Å². The van der Waals surface area contributed by atoms with Gasteiger partial charge in [0.15, 0.2) is 0 Å². The fourth-order valence-corrected chi connectivity index (χ4v) is 13.3. The van der Waals surface area contributed by atoms with Gasteiger partial charge in [-0.1, -0.05) is 324 Å². The maximum atomic E-state index is 14.2. The van der Waals surface area contributed by atoms with Crippen molar-refractivity contribution >= 4 is 34.2 Å². The summed E-state index contributed by atoms with van der Waals surface area (Å²) >= 11 is 0. The van der Waals surface area contributed by atoms with Crippen LogP contribution in [0.5, 0.6) is 0 Å². The van der Waals surface area contributed by atoms with E-state index in [2.05, 4.69) is 76.0 Å². The molecule has 0 atom stereocenters. The summed E-state index contributed by atoms with van der Waals surface area (Å²) in [6, 6.07) is 20.1. The Morgan fingerprint density at radius 2 is 0.474 bits per heavy atom. The number of halogens is 12. The molecule has 0 aromatic heterocycles. The van der Waals surface area contributed by atoms with Gasteiger partial charge in [0.2, 0.25) is 0 Å². The first kappa shape index (κ1) is 117. The Hall–Kier alpha value is -5.78. The maximum absolute atomic E-state index is 14.2. The SMILES string of the molecule is CC(C)c1cccc(C(C)C)c1N=C(/C=C(\[N-]c1c(C(C)C)cccc1C(C)C)C(F)(F)F)C(F)(F)F.CC(C)c1cccc(C(C)C)c1N=C(/C=C(\[N-]c1c(C(C)C)cccc1C(C)C)C(F)(F)F)C(F)(F)F.CCCC[N+](CCCC)(CCCC)CCCC.CCCC[N+](CCCC)(CCCC)CCCC.O=N[O-].O=N[O-].[Cu+].[Cu+]. The molecule has 0 fully saturated rings. The number of nitrogens with zero attached hydrogens (tertiary/aromatic N) is 8. The third-order valence-electron chi connectivity index (χ3n) is 19.9. The van der Waals surface area contributed by atoms with E-state index >= 15 is 0 Å². The molecule has 4 aromatic carbocycles. The molecule has 4 aromatic rings. The van der Waals surface area contributed by atoms with Crippen LogP contribution in [0.2, 0.25) is 0 Å². The van der Waals surface area contributed by atoms with E-state index in [0.717, 1.165) is 10.7 Å². The van der Waals surface area contributed by atoms with Crippen LogP contribution < -0.4 is 0 Å². The Morgan fingerprint density at radius 1 is 0.319 bits per heavy atom. The fourth-order valence-electron chi connectivity index (χ4n) is 13.3. The minimum atomic E-state index is -5.14. The fraction of sp³-hybridized carbons (Fsp3) is 0.667. The van der Waals surface area contributed by atoms with Gasteiger partial charge in [0.25, 0.3) is 0 Å². The van der Waals surface area contributed by atoms with E-state index in [0.29, 0.717) is 44.5 Å². The van der Waals surface area contributed by atoms with Crippen LogP contribution in [-0.4, -0.2) is 97.5 Å². The second-order valence-electron chi connectivity index (χ2n) is 32.1. The second-order valence-corrected chi connectivity index (χ2v) is 32.1. The number of para-hydroxylation sites is 4. The van der Waals surface area contributed by atoms with E-state index in [1.807, 2.05) is 0 Å². The van der Waals surface area contributed by atoms with Crippen LogP contribution in [0.15, 0.2) is 117 Å². The van der Waals surface area contributed by atoms with Crippen LogP contribution in [-0.2, 0) is 34.1 Å². The zero-order chi connectivity index (χ0) is 88.0. The average molecular weight is 1760 g/mol. The van der Waals surface area contributed by atoms with Crippen LogP contribution in [0.1, 0.15) is 361 Å². The van der Waals surface area contributed by atoms with Gasteiger partial charge in [-0.05, 0) is 133 Å². The Labute approximate surface area is 711 Å². The molecule has 0 aliphatic heterocycles. The molecule has 0 amide bonds. The number of hydrogen-bond acceptors (Lipinski definition) is 8. The number of hydrogen-bond donors (Lipinski definition) is 0. The van der Waals surface area contributed by atoms with Crippen molar-refractivity contribution < 1.29 is 95.8 Å². The van der Waals surface area contributed by atoms with Crippen LogP contribution in [0.3, 0.4) is 0 Å². The van der Waals surface area contributed by atoms with Gasteiger partial charge in [0.1, 0.15) is 11.4 Å². The normalized spacial score (nSPS) is 12.6. The van der Waals surface area contributed by atoms with Crippen molar-refractivity contribution in [1.29, 1.82) is 0 Å². The summed E-state index contributed by atoms with van der Waals surface area (Å²) in [5.41, 5.74) is -2.19. The van der Waals surface area contributed by atoms with Gasteiger partial charge in [0.05, 0.1) is 63.7 Å². The first-order valence-electron chi connectivity index (χ1n) is 41.7. The average Bonchev–Trinajstić information content (AvgIpc) is 0.800. The molecule has 26 heteroatoms. The Bertz CT molecular complexity index is 3050. The van der Waals surface area contributed by atoms with Gasteiger partial charge < -0.3 is 39.8 Å². The first-order valence-corrected chi connectivity index (χ1v) is 41.7. The van der Waals surface area contributed by atoms with Gasteiger partial charge in [-0.15, -0.1) is 22.1 Å². The molecule has 0 saturated carbocycles. The van der Waals surface area contributed by atoms with E-state index in [1.165, 1.54) is 164 Å². The summed E-state index contributed by atoms with van der Waals surface area (Å²) < 4.78 is 173. The summed E-state index contributed by atoms with van der Waals surface area (Å²) in [6.45, 7) is 58.8. The third-order valence-corrected chi connectivity index (χ3v) is 19.9. The third kappa shape index (κ3) is 42.9. The monoisotopic (exact) mass is 1750 g/mol. The first-order chi connectivity index (χ1) is 53.2. The molecular formula is C90H142Cu2F12N8O4. The van der Waals surface area contributed by atoms with E-state index in [9.17, 15) is 52.7 Å². The number of quaternary nitrogens is 2. The molecular weight excluding hydrogens is 1610 g/mol. The summed E-state index contributed by atoms with van der Waals surface area (Å²) in [5, 5.41) is 25.7. The zero-order valence-electron chi connectivity index (χ0n) is 74.0. The molecule has 0 unspecified atom stereocenters. The van der Waals surface area contributed by atoms with Gasteiger partial charge >= 0.3 is 58.8 Å². The molecule has 116 heavy (non-hydrogen) atoms.